The Labute approximate surface area is 101 Å². The van der Waals surface area contributed by atoms with E-state index in [1.165, 1.54) is 0 Å². The molecule has 88 valence electrons. The third kappa shape index (κ3) is 2.83. The average Bonchev–Trinajstić information content (AvgIpc) is 2.41. The number of aryl methyl sites for hydroxylation is 1. The van der Waals surface area contributed by atoms with E-state index < -0.39 is 0 Å². The largest absolute Gasteiger partial charge is 0.355 e. The maximum absolute atomic E-state index is 5.88. The molecule has 2 rings (SSSR count). The van der Waals surface area contributed by atoms with Crippen molar-refractivity contribution in [3.8, 4) is 0 Å². The van der Waals surface area contributed by atoms with Gasteiger partial charge < -0.3 is 9.80 Å². The Morgan fingerprint density at radius 1 is 1.19 bits per heavy atom. The van der Waals surface area contributed by atoms with E-state index in [0.717, 1.165) is 44.1 Å². The molecule has 0 aromatic carbocycles. The lowest BCUT2D eigenvalue weighted by atomic mass is 10.3. The van der Waals surface area contributed by atoms with Gasteiger partial charge >= 0.3 is 0 Å². The molecule has 0 aliphatic carbocycles. The van der Waals surface area contributed by atoms with E-state index in [-0.39, 0.29) is 0 Å². The van der Waals surface area contributed by atoms with Gasteiger partial charge in [-0.05, 0) is 38.5 Å². The molecular weight excluding hydrogens is 224 g/mol. The minimum atomic E-state index is 0.340. The predicted molar refractivity (Wildman–Crippen MR) is 66.1 cm³/mol. The highest BCUT2D eigenvalue weighted by Crippen LogP contribution is 2.16. The first-order valence-corrected chi connectivity index (χ1v) is 5.97. The van der Waals surface area contributed by atoms with Gasteiger partial charge in [-0.1, -0.05) is 0 Å². The molecule has 16 heavy (non-hydrogen) atoms. The number of aromatic nitrogens is 2. The molecule has 1 aromatic heterocycles. The first kappa shape index (κ1) is 11.6. The fourth-order valence-electron chi connectivity index (χ4n) is 1.95. The molecule has 0 amide bonds. The molecule has 1 aliphatic rings. The van der Waals surface area contributed by atoms with Gasteiger partial charge in [-0.2, -0.15) is 0 Å². The van der Waals surface area contributed by atoms with Crippen LogP contribution in [0.1, 0.15) is 12.1 Å². The molecule has 0 radical (unpaired) electrons. The molecule has 0 atom stereocenters. The average molecular weight is 241 g/mol. The number of hydrogen-bond donors (Lipinski definition) is 0. The van der Waals surface area contributed by atoms with Crippen LogP contribution in [0.15, 0.2) is 6.07 Å². The Hall–Kier alpha value is -0.870. The Morgan fingerprint density at radius 2 is 2.00 bits per heavy atom. The number of rotatable bonds is 1. The van der Waals surface area contributed by atoms with Gasteiger partial charge in [-0.25, -0.2) is 9.97 Å². The van der Waals surface area contributed by atoms with Crippen LogP contribution in [0, 0.1) is 6.92 Å². The predicted octanol–water partition coefficient (Wildman–Crippen LogP) is 1.58. The molecule has 0 saturated carbocycles. The van der Waals surface area contributed by atoms with Crippen molar-refractivity contribution in [1.82, 2.24) is 14.9 Å². The Kier molecular flexibility index (Phi) is 3.61. The molecule has 5 heteroatoms. The van der Waals surface area contributed by atoms with Crippen LogP contribution in [0.3, 0.4) is 0 Å². The Morgan fingerprint density at radius 3 is 2.75 bits per heavy atom. The molecule has 4 nitrogen and oxygen atoms in total. The highest BCUT2D eigenvalue weighted by molar-refractivity contribution is 6.28. The summed E-state index contributed by atoms with van der Waals surface area (Å²) >= 11 is 5.88. The summed E-state index contributed by atoms with van der Waals surface area (Å²) in [6.45, 7) is 6.20. The van der Waals surface area contributed by atoms with Crippen molar-refractivity contribution in [2.45, 2.75) is 13.3 Å². The second-order valence-electron chi connectivity index (χ2n) is 4.28. The number of hydrogen-bond acceptors (Lipinski definition) is 4. The first-order valence-electron chi connectivity index (χ1n) is 5.60. The zero-order valence-corrected chi connectivity index (χ0v) is 10.5. The van der Waals surface area contributed by atoms with Crippen molar-refractivity contribution >= 4 is 17.4 Å². The molecule has 0 bridgehead atoms. The van der Waals surface area contributed by atoms with Crippen molar-refractivity contribution in [3.05, 3.63) is 17.0 Å². The van der Waals surface area contributed by atoms with Gasteiger partial charge in [0.05, 0.1) is 0 Å². The lowest BCUT2D eigenvalue weighted by Crippen LogP contribution is -2.29. The summed E-state index contributed by atoms with van der Waals surface area (Å²) in [6, 6.07) is 2.00. The molecule has 1 fully saturated rings. The monoisotopic (exact) mass is 240 g/mol. The standard InChI is InChI=1S/C11H17ClN4/c1-9-8-10(14-11(12)13-9)16-5-3-4-15(2)6-7-16/h8H,3-7H2,1-2H3. The second kappa shape index (κ2) is 4.97. The van der Waals surface area contributed by atoms with Crippen LogP contribution in [0.2, 0.25) is 5.28 Å². The molecule has 0 unspecified atom stereocenters. The van der Waals surface area contributed by atoms with Crippen LogP contribution in [0.5, 0.6) is 0 Å². The fraction of sp³-hybridized carbons (Fsp3) is 0.636. The van der Waals surface area contributed by atoms with Gasteiger partial charge in [0.2, 0.25) is 5.28 Å². The van der Waals surface area contributed by atoms with Crippen LogP contribution in [-0.2, 0) is 0 Å². The van der Waals surface area contributed by atoms with Gasteiger partial charge in [-0.15, -0.1) is 0 Å². The van der Waals surface area contributed by atoms with E-state index in [1.807, 2.05) is 13.0 Å². The van der Waals surface area contributed by atoms with E-state index in [1.54, 1.807) is 0 Å². The fourth-order valence-corrected chi connectivity index (χ4v) is 2.17. The minimum Gasteiger partial charge on any atom is -0.355 e. The number of nitrogens with zero attached hydrogens (tertiary/aromatic N) is 4. The number of anilines is 1. The zero-order valence-electron chi connectivity index (χ0n) is 9.78. The van der Waals surface area contributed by atoms with Gasteiger partial charge in [0.25, 0.3) is 0 Å². The maximum atomic E-state index is 5.88. The van der Waals surface area contributed by atoms with Crippen LogP contribution >= 0.6 is 11.6 Å². The molecule has 2 heterocycles. The summed E-state index contributed by atoms with van der Waals surface area (Å²) in [4.78, 5) is 13.0. The summed E-state index contributed by atoms with van der Waals surface area (Å²) in [7, 11) is 2.15. The smallest absolute Gasteiger partial charge is 0.224 e. The van der Waals surface area contributed by atoms with Crippen molar-refractivity contribution in [1.29, 1.82) is 0 Å². The lowest BCUT2D eigenvalue weighted by Gasteiger charge is -2.21. The summed E-state index contributed by atoms with van der Waals surface area (Å²) < 4.78 is 0. The van der Waals surface area contributed by atoms with E-state index in [0.29, 0.717) is 5.28 Å². The van der Waals surface area contributed by atoms with E-state index in [9.17, 15) is 0 Å². The first-order chi connectivity index (χ1) is 7.65. The van der Waals surface area contributed by atoms with Gasteiger partial charge in [-0.3, -0.25) is 0 Å². The minimum absolute atomic E-state index is 0.340. The maximum Gasteiger partial charge on any atom is 0.224 e. The van der Waals surface area contributed by atoms with Crippen molar-refractivity contribution in [3.63, 3.8) is 0 Å². The third-order valence-corrected chi connectivity index (χ3v) is 3.03. The lowest BCUT2D eigenvalue weighted by molar-refractivity contribution is 0.360. The highest BCUT2D eigenvalue weighted by Gasteiger charge is 2.14. The molecule has 1 aliphatic heterocycles. The third-order valence-electron chi connectivity index (χ3n) is 2.86. The van der Waals surface area contributed by atoms with E-state index >= 15 is 0 Å². The highest BCUT2D eigenvalue weighted by atomic mass is 35.5. The van der Waals surface area contributed by atoms with Crippen molar-refractivity contribution in [2.75, 3.05) is 38.1 Å². The quantitative estimate of drug-likeness (QED) is 0.698. The van der Waals surface area contributed by atoms with Crippen LogP contribution in [0.4, 0.5) is 5.82 Å². The van der Waals surface area contributed by atoms with Gasteiger partial charge in [0.15, 0.2) is 0 Å². The van der Waals surface area contributed by atoms with Gasteiger partial charge in [0.1, 0.15) is 5.82 Å². The molecule has 1 saturated heterocycles. The topological polar surface area (TPSA) is 32.3 Å². The number of halogens is 1. The van der Waals surface area contributed by atoms with Gasteiger partial charge in [0, 0.05) is 31.4 Å². The summed E-state index contributed by atoms with van der Waals surface area (Å²) in [5.41, 5.74) is 0.924. The van der Waals surface area contributed by atoms with E-state index in [2.05, 4.69) is 26.8 Å². The second-order valence-corrected chi connectivity index (χ2v) is 4.62. The molecule has 1 aromatic rings. The van der Waals surface area contributed by atoms with E-state index in [4.69, 9.17) is 11.6 Å². The normalized spacial score (nSPS) is 18.6. The SMILES string of the molecule is Cc1cc(N2CCCN(C)CC2)nc(Cl)n1. The molecule has 0 spiro atoms. The molecule has 0 N–H and O–H groups in total. The van der Waals surface area contributed by atoms with Crippen molar-refractivity contribution < 1.29 is 0 Å². The van der Waals surface area contributed by atoms with Crippen LogP contribution in [0.25, 0.3) is 0 Å². The summed E-state index contributed by atoms with van der Waals surface area (Å²) in [5.74, 6) is 0.952. The summed E-state index contributed by atoms with van der Waals surface area (Å²) in [6.07, 6.45) is 1.16. The molecular formula is C11H17ClN4. The Bertz CT molecular complexity index is 349. The van der Waals surface area contributed by atoms with Crippen molar-refractivity contribution in [2.24, 2.45) is 0 Å². The van der Waals surface area contributed by atoms with Crippen LogP contribution in [-0.4, -0.2) is 48.1 Å². The van der Waals surface area contributed by atoms with Crippen LogP contribution < -0.4 is 4.90 Å². The Balaban J connectivity index is 2.16. The zero-order chi connectivity index (χ0) is 11.5. The number of likely N-dealkylation sites (N-methyl/N-ethyl adjacent to an activating group) is 1. The summed E-state index contributed by atoms with van der Waals surface area (Å²) in [5, 5.41) is 0.340.